The van der Waals surface area contributed by atoms with Gasteiger partial charge in [0.1, 0.15) is 0 Å². The molecule has 2 unspecified atom stereocenters. The maximum absolute atomic E-state index is 12.4. The highest BCUT2D eigenvalue weighted by Gasteiger charge is 2.26. The Kier molecular flexibility index (Phi) is 6.59. The summed E-state index contributed by atoms with van der Waals surface area (Å²) in [6.07, 6.45) is 2.09. The fourth-order valence-electron chi connectivity index (χ4n) is 2.44. The van der Waals surface area contributed by atoms with Crippen LogP contribution in [0.5, 0.6) is 0 Å². The van der Waals surface area contributed by atoms with Gasteiger partial charge < -0.3 is 10.6 Å². The highest BCUT2D eigenvalue weighted by Crippen LogP contribution is 2.25. The molecule has 1 fully saturated rings. The van der Waals surface area contributed by atoms with Crippen molar-refractivity contribution in [2.75, 3.05) is 13.1 Å². The first-order valence-electron chi connectivity index (χ1n) is 6.49. The van der Waals surface area contributed by atoms with Crippen LogP contribution in [0.15, 0.2) is 18.2 Å². The first-order chi connectivity index (χ1) is 8.99. The Hall–Kier alpha value is -0.480. The summed E-state index contributed by atoms with van der Waals surface area (Å²) in [5, 5.41) is 0.874. The van der Waals surface area contributed by atoms with Gasteiger partial charge in [0, 0.05) is 24.7 Å². The highest BCUT2D eigenvalue weighted by atomic mass is 35.5. The molecule has 1 saturated heterocycles. The molecule has 0 saturated carbocycles. The number of carbonyl (C=O) groups is 1. The predicted molar refractivity (Wildman–Crippen MR) is 86.0 cm³/mol. The van der Waals surface area contributed by atoms with E-state index in [1.165, 1.54) is 0 Å². The van der Waals surface area contributed by atoms with Gasteiger partial charge in [-0.25, -0.2) is 0 Å². The van der Waals surface area contributed by atoms with Gasteiger partial charge in [0.25, 0.3) is 5.91 Å². The molecule has 0 bridgehead atoms. The second-order valence-corrected chi connectivity index (χ2v) is 5.96. The minimum atomic E-state index is 0. The van der Waals surface area contributed by atoms with Gasteiger partial charge in [0.15, 0.2) is 0 Å². The Morgan fingerprint density at radius 1 is 1.40 bits per heavy atom. The minimum Gasteiger partial charge on any atom is -0.338 e. The van der Waals surface area contributed by atoms with E-state index in [4.69, 9.17) is 28.9 Å². The molecule has 0 aromatic heterocycles. The number of nitrogens with two attached hydrogens (primary N) is 1. The molecular weight excluding hydrogens is 319 g/mol. The third-order valence-corrected chi connectivity index (χ3v) is 4.39. The number of nitrogens with zero attached hydrogens (tertiary/aromatic N) is 1. The van der Waals surface area contributed by atoms with Crippen molar-refractivity contribution in [3.05, 3.63) is 33.8 Å². The molecule has 20 heavy (non-hydrogen) atoms. The lowest BCUT2D eigenvalue weighted by Gasteiger charge is -2.34. The summed E-state index contributed by atoms with van der Waals surface area (Å²) < 4.78 is 0. The summed E-state index contributed by atoms with van der Waals surface area (Å²) >= 11 is 11.8. The van der Waals surface area contributed by atoms with Crippen molar-refractivity contribution >= 4 is 41.5 Å². The Morgan fingerprint density at radius 2 is 2.10 bits per heavy atom. The van der Waals surface area contributed by atoms with Crippen LogP contribution in [0.1, 0.15) is 30.1 Å². The van der Waals surface area contributed by atoms with Gasteiger partial charge >= 0.3 is 0 Å². The number of rotatable bonds is 2. The monoisotopic (exact) mass is 336 g/mol. The standard InChI is InChI=1S/C14H18Cl2N2O.ClH/c1-9(17)11-3-2-6-18(8-11)14(19)10-4-5-12(15)13(16)7-10;/h4-5,7,9,11H,2-3,6,8,17H2,1H3;1H. The van der Waals surface area contributed by atoms with Crippen molar-refractivity contribution < 1.29 is 4.79 Å². The SMILES string of the molecule is CC(N)C1CCCN(C(=O)c2ccc(Cl)c(Cl)c2)C1.Cl. The van der Waals surface area contributed by atoms with E-state index in [1.54, 1.807) is 18.2 Å². The molecule has 1 heterocycles. The van der Waals surface area contributed by atoms with E-state index < -0.39 is 0 Å². The number of amides is 1. The average Bonchev–Trinajstić information content (AvgIpc) is 2.41. The third kappa shape index (κ3) is 4.01. The van der Waals surface area contributed by atoms with Crippen molar-refractivity contribution in [1.82, 2.24) is 4.90 Å². The average molecular weight is 338 g/mol. The molecule has 1 aromatic carbocycles. The van der Waals surface area contributed by atoms with Crippen molar-refractivity contribution in [3.8, 4) is 0 Å². The second kappa shape index (κ2) is 7.51. The first kappa shape index (κ1) is 17.6. The van der Waals surface area contributed by atoms with Crippen LogP contribution in [0, 0.1) is 5.92 Å². The lowest BCUT2D eigenvalue weighted by molar-refractivity contribution is 0.0661. The molecule has 0 radical (unpaired) electrons. The molecule has 1 amide bonds. The van der Waals surface area contributed by atoms with E-state index in [0.29, 0.717) is 21.5 Å². The van der Waals surface area contributed by atoms with Gasteiger partial charge in [0.2, 0.25) is 0 Å². The zero-order valence-electron chi connectivity index (χ0n) is 11.3. The number of piperidine rings is 1. The minimum absolute atomic E-state index is 0. The van der Waals surface area contributed by atoms with Gasteiger partial charge in [0.05, 0.1) is 10.0 Å². The molecule has 2 atom stereocenters. The largest absolute Gasteiger partial charge is 0.338 e. The number of benzene rings is 1. The maximum atomic E-state index is 12.4. The van der Waals surface area contributed by atoms with Crippen LogP contribution in [0.2, 0.25) is 10.0 Å². The molecule has 6 heteroatoms. The van der Waals surface area contributed by atoms with Gasteiger partial charge in [-0.3, -0.25) is 4.79 Å². The summed E-state index contributed by atoms with van der Waals surface area (Å²) in [4.78, 5) is 14.3. The van der Waals surface area contributed by atoms with Gasteiger partial charge in [-0.1, -0.05) is 23.2 Å². The van der Waals surface area contributed by atoms with Crippen molar-refractivity contribution in [2.24, 2.45) is 11.7 Å². The van der Waals surface area contributed by atoms with Crippen molar-refractivity contribution in [2.45, 2.75) is 25.8 Å². The van der Waals surface area contributed by atoms with Crippen LogP contribution in [0.3, 0.4) is 0 Å². The van der Waals surface area contributed by atoms with E-state index in [1.807, 2.05) is 11.8 Å². The molecule has 0 spiro atoms. The van der Waals surface area contributed by atoms with Crippen LogP contribution in [-0.2, 0) is 0 Å². The quantitative estimate of drug-likeness (QED) is 0.896. The normalized spacial score (nSPS) is 20.2. The molecule has 3 nitrogen and oxygen atoms in total. The number of carbonyl (C=O) groups excluding carboxylic acids is 1. The van der Waals surface area contributed by atoms with Gasteiger partial charge in [-0.05, 0) is 43.9 Å². The molecule has 2 N–H and O–H groups in total. The van der Waals surface area contributed by atoms with E-state index in [9.17, 15) is 4.79 Å². The molecule has 0 aliphatic carbocycles. The predicted octanol–water partition coefficient (Wildman–Crippen LogP) is 3.61. The molecule has 1 aromatic rings. The van der Waals surface area contributed by atoms with E-state index >= 15 is 0 Å². The van der Waals surface area contributed by atoms with Crippen LogP contribution in [0.4, 0.5) is 0 Å². The molecule has 2 rings (SSSR count). The summed E-state index contributed by atoms with van der Waals surface area (Å²) in [7, 11) is 0. The van der Waals surface area contributed by atoms with E-state index in [2.05, 4.69) is 0 Å². The molecule has 1 aliphatic rings. The van der Waals surface area contributed by atoms with Crippen molar-refractivity contribution in [1.29, 1.82) is 0 Å². The van der Waals surface area contributed by atoms with Crippen LogP contribution in [-0.4, -0.2) is 29.9 Å². The van der Waals surface area contributed by atoms with Gasteiger partial charge in [-0.15, -0.1) is 12.4 Å². The Morgan fingerprint density at radius 3 is 2.70 bits per heavy atom. The topological polar surface area (TPSA) is 46.3 Å². The fraction of sp³-hybridized carbons (Fsp3) is 0.500. The zero-order valence-corrected chi connectivity index (χ0v) is 13.6. The first-order valence-corrected chi connectivity index (χ1v) is 7.24. The zero-order chi connectivity index (χ0) is 14.0. The number of hydrogen-bond acceptors (Lipinski definition) is 2. The lowest BCUT2D eigenvalue weighted by atomic mass is 9.92. The fourth-order valence-corrected chi connectivity index (χ4v) is 2.73. The van der Waals surface area contributed by atoms with E-state index in [-0.39, 0.29) is 24.4 Å². The summed E-state index contributed by atoms with van der Waals surface area (Å²) in [5.74, 6) is 0.379. The molecule has 112 valence electrons. The number of halogens is 3. The van der Waals surface area contributed by atoms with Crippen LogP contribution in [0.25, 0.3) is 0 Å². The van der Waals surface area contributed by atoms with Crippen LogP contribution < -0.4 is 5.73 Å². The molecular formula is C14H19Cl3N2O. The summed E-state index contributed by atoms with van der Waals surface area (Å²) in [5.41, 5.74) is 6.52. The Bertz CT molecular complexity index is 479. The smallest absolute Gasteiger partial charge is 0.253 e. The molecule has 1 aliphatic heterocycles. The number of likely N-dealkylation sites (tertiary alicyclic amines) is 1. The van der Waals surface area contributed by atoms with E-state index in [0.717, 1.165) is 25.9 Å². The Balaban J connectivity index is 0.00000200. The second-order valence-electron chi connectivity index (χ2n) is 5.14. The lowest BCUT2D eigenvalue weighted by Crippen LogP contribution is -2.45. The van der Waals surface area contributed by atoms with Gasteiger partial charge in [-0.2, -0.15) is 0 Å². The maximum Gasteiger partial charge on any atom is 0.253 e. The van der Waals surface area contributed by atoms with Crippen molar-refractivity contribution in [3.63, 3.8) is 0 Å². The third-order valence-electron chi connectivity index (χ3n) is 3.66. The van der Waals surface area contributed by atoms with Crippen LogP contribution >= 0.6 is 35.6 Å². The summed E-state index contributed by atoms with van der Waals surface area (Å²) in [6, 6.07) is 5.11. The summed E-state index contributed by atoms with van der Waals surface area (Å²) in [6.45, 7) is 3.50. The number of hydrogen-bond donors (Lipinski definition) is 1. The highest BCUT2D eigenvalue weighted by molar-refractivity contribution is 6.42. The Labute approximate surface area is 135 Å².